The first-order chi connectivity index (χ1) is 20.1. The van der Waals surface area contributed by atoms with E-state index in [4.69, 9.17) is 18.9 Å². The van der Waals surface area contributed by atoms with Gasteiger partial charge in [-0.2, -0.15) is 0 Å². The number of aliphatic hydroxyl groups is 1. The van der Waals surface area contributed by atoms with Gasteiger partial charge >= 0.3 is 5.97 Å². The molecule has 226 valence electrons. The molecular formula is C31H39N3O8. The third-order valence-corrected chi connectivity index (χ3v) is 9.31. The number of aliphatic hydroxyl groups excluding tert-OH is 1. The van der Waals surface area contributed by atoms with E-state index in [1.54, 1.807) is 7.11 Å². The first-order valence-electron chi connectivity index (χ1n) is 14.6. The number of piperazine rings is 1. The van der Waals surface area contributed by atoms with Crippen LogP contribution in [0.3, 0.4) is 0 Å². The van der Waals surface area contributed by atoms with Crippen LogP contribution < -0.4 is 24.3 Å². The number of carbonyl (C=O) groups is 2. The molecule has 2 aromatic carbocycles. The zero-order chi connectivity index (χ0) is 30.0. The SMILES string of the molecule is CCCC(=O)NC[C@H]1c2c(c(OC(C)=O)c(C)c3c2OCO3)CC2[C@H]3c4c(cc(C)c(OC)c4O)C[C@@H]([C@H](O)N21)N3C. The van der Waals surface area contributed by atoms with Crippen molar-refractivity contribution in [2.24, 2.45) is 0 Å². The zero-order valence-electron chi connectivity index (χ0n) is 24.9. The third kappa shape index (κ3) is 4.20. The highest BCUT2D eigenvalue weighted by Crippen LogP contribution is 2.58. The van der Waals surface area contributed by atoms with E-state index in [1.165, 1.54) is 6.92 Å². The molecule has 1 amide bonds. The fourth-order valence-corrected chi connectivity index (χ4v) is 7.65. The van der Waals surface area contributed by atoms with Crippen LogP contribution in [0.5, 0.6) is 28.7 Å². The van der Waals surface area contributed by atoms with E-state index in [9.17, 15) is 19.8 Å². The average molecular weight is 582 g/mol. The van der Waals surface area contributed by atoms with Crippen molar-refractivity contribution in [3.63, 3.8) is 0 Å². The molecular weight excluding hydrogens is 542 g/mol. The standard InChI is InChI=1S/C31H39N3O8/c1-7-8-22(36)32-12-21-24-18(28(42-16(4)35)15(3)29-30(24)41-13-40-29)11-19-25-23-17(9-14(2)27(39-6)26(23)37)10-20(33(25)5)31(38)34(19)21/h9,19-21,25,31,37-38H,7-8,10-13H2,1-6H3,(H,32,36)/t19?,20-,21-,25-,31-/m0/s1. The Morgan fingerprint density at radius 2 is 1.86 bits per heavy atom. The first-order valence-corrected chi connectivity index (χ1v) is 14.6. The number of esters is 1. The van der Waals surface area contributed by atoms with Crippen molar-refractivity contribution in [2.75, 3.05) is 27.5 Å². The Morgan fingerprint density at radius 1 is 1.12 bits per heavy atom. The molecule has 0 saturated carbocycles. The summed E-state index contributed by atoms with van der Waals surface area (Å²) in [5.41, 5.74) is 4.73. The summed E-state index contributed by atoms with van der Waals surface area (Å²) in [5.74, 6) is 1.43. The van der Waals surface area contributed by atoms with Crippen molar-refractivity contribution in [1.29, 1.82) is 0 Å². The van der Waals surface area contributed by atoms with Gasteiger partial charge in [0.25, 0.3) is 0 Å². The predicted octanol–water partition coefficient (Wildman–Crippen LogP) is 2.79. The Hall–Kier alpha value is -3.54. The molecule has 4 aliphatic rings. The van der Waals surface area contributed by atoms with Gasteiger partial charge in [-0.25, -0.2) is 0 Å². The van der Waals surface area contributed by atoms with Gasteiger partial charge in [0.05, 0.1) is 25.2 Å². The number of nitrogens with one attached hydrogen (secondary N) is 1. The average Bonchev–Trinajstić information content (AvgIpc) is 3.43. The number of fused-ring (bicyclic) bond motifs is 9. The number of carbonyl (C=O) groups excluding carboxylic acids is 2. The van der Waals surface area contributed by atoms with Crippen LogP contribution in [-0.2, 0) is 22.4 Å². The van der Waals surface area contributed by atoms with Crippen LogP contribution in [0.2, 0.25) is 0 Å². The lowest BCUT2D eigenvalue weighted by Crippen LogP contribution is -2.69. The number of likely N-dealkylation sites (N-methyl/N-ethyl adjacent to an activating group) is 1. The lowest BCUT2D eigenvalue weighted by molar-refractivity contribution is -0.172. The third-order valence-electron chi connectivity index (χ3n) is 9.31. The number of hydrogen-bond donors (Lipinski definition) is 3. The van der Waals surface area contributed by atoms with Crippen molar-refractivity contribution < 1.29 is 38.7 Å². The molecule has 6 rings (SSSR count). The molecule has 2 aromatic rings. The van der Waals surface area contributed by atoms with Crippen molar-refractivity contribution in [3.8, 4) is 28.7 Å². The first kappa shape index (κ1) is 28.6. The number of benzene rings is 2. The molecule has 11 nitrogen and oxygen atoms in total. The number of nitrogens with zero attached hydrogens (tertiary/aromatic N) is 2. The molecule has 3 N–H and O–H groups in total. The molecule has 1 saturated heterocycles. The Kier molecular flexibility index (Phi) is 7.23. The number of phenols is 1. The maximum Gasteiger partial charge on any atom is 0.308 e. The number of ether oxygens (including phenoxy) is 4. The van der Waals surface area contributed by atoms with Crippen LogP contribution in [0, 0.1) is 13.8 Å². The number of rotatable bonds is 6. The number of methoxy groups -OCH3 is 1. The van der Waals surface area contributed by atoms with E-state index in [1.807, 2.05) is 38.8 Å². The second-order valence-electron chi connectivity index (χ2n) is 11.7. The smallest absolute Gasteiger partial charge is 0.308 e. The summed E-state index contributed by atoms with van der Waals surface area (Å²) >= 11 is 0. The van der Waals surface area contributed by atoms with Gasteiger partial charge in [0.1, 0.15) is 12.0 Å². The van der Waals surface area contributed by atoms with Gasteiger partial charge in [-0.05, 0) is 51.3 Å². The second kappa shape index (κ2) is 10.6. The van der Waals surface area contributed by atoms with Gasteiger partial charge < -0.3 is 34.5 Å². The van der Waals surface area contributed by atoms with E-state index in [0.717, 1.165) is 27.8 Å². The van der Waals surface area contributed by atoms with Gasteiger partial charge in [0, 0.05) is 48.2 Å². The van der Waals surface area contributed by atoms with Crippen LogP contribution >= 0.6 is 0 Å². The zero-order valence-corrected chi connectivity index (χ0v) is 24.9. The van der Waals surface area contributed by atoms with Gasteiger partial charge in [-0.15, -0.1) is 0 Å². The van der Waals surface area contributed by atoms with Crippen molar-refractivity contribution >= 4 is 11.9 Å². The van der Waals surface area contributed by atoms with Crippen molar-refractivity contribution in [3.05, 3.63) is 39.4 Å². The summed E-state index contributed by atoms with van der Waals surface area (Å²) in [6.45, 7) is 7.27. The normalized spacial score (nSPS) is 25.7. The topological polar surface area (TPSA) is 130 Å². The largest absolute Gasteiger partial charge is 0.504 e. The van der Waals surface area contributed by atoms with Gasteiger partial charge in [-0.3, -0.25) is 19.4 Å². The minimum Gasteiger partial charge on any atom is -0.504 e. The van der Waals surface area contributed by atoms with Gasteiger partial charge in [-0.1, -0.05) is 13.0 Å². The Bertz CT molecular complexity index is 1460. The lowest BCUT2D eigenvalue weighted by atomic mass is 9.73. The van der Waals surface area contributed by atoms with E-state index in [2.05, 4.69) is 10.2 Å². The van der Waals surface area contributed by atoms with E-state index in [0.29, 0.717) is 54.2 Å². The van der Waals surface area contributed by atoms with Crippen molar-refractivity contribution in [2.45, 2.75) is 83.8 Å². The molecule has 5 atom stereocenters. The molecule has 0 aliphatic carbocycles. The molecule has 2 bridgehead atoms. The fourth-order valence-electron chi connectivity index (χ4n) is 7.65. The highest BCUT2D eigenvalue weighted by Gasteiger charge is 2.56. The highest BCUT2D eigenvalue weighted by molar-refractivity contribution is 5.76. The molecule has 0 aromatic heterocycles. The van der Waals surface area contributed by atoms with E-state index < -0.39 is 18.2 Å². The maximum atomic E-state index is 12.7. The molecule has 1 fully saturated rings. The Morgan fingerprint density at radius 3 is 2.55 bits per heavy atom. The molecule has 4 aliphatic heterocycles. The minimum atomic E-state index is -0.897. The Balaban J connectivity index is 1.57. The molecule has 1 unspecified atom stereocenters. The van der Waals surface area contributed by atoms with Crippen molar-refractivity contribution in [1.82, 2.24) is 15.1 Å². The number of aryl methyl sites for hydroxylation is 1. The molecule has 0 spiro atoms. The second-order valence-corrected chi connectivity index (χ2v) is 11.7. The van der Waals surface area contributed by atoms with E-state index in [-0.39, 0.29) is 43.1 Å². The number of hydrogen-bond acceptors (Lipinski definition) is 10. The number of phenolic OH excluding ortho intramolecular Hbond substituents is 1. The summed E-state index contributed by atoms with van der Waals surface area (Å²) in [4.78, 5) is 29.2. The monoisotopic (exact) mass is 581 g/mol. The quantitative estimate of drug-likeness (QED) is 0.346. The van der Waals surface area contributed by atoms with Crippen LogP contribution in [-0.4, -0.2) is 77.7 Å². The summed E-state index contributed by atoms with van der Waals surface area (Å²) < 4.78 is 23.3. The highest BCUT2D eigenvalue weighted by atomic mass is 16.7. The van der Waals surface area contributed by atoms with Gasteiger partial charge in [0.15, 0.2) is 23.0 Å². The van der Waals surface area contributed by atoms with Crippen LogP contribution in [0.1, 0.15) is 72.2 Å². The van der Waals surface area contributed by atoms with E-state index >= 15 is 0 Å². The van der Waals surface area contributed by atoms with Crippen LogP contribution in [0.4, 0.5) is 0 Å². The van der Waals surface area contributed by atoms with Gasteiger partial charge in [0.2, 0.25) is 12.7 Å². The molecule has 11 heteroatoms. The molecule has 4 heterocycles. The number of amides is 1. The molecule has 42 heavy (non-hydrogen) atoms. The minimum absolute atomic E-state index is 0.0153. The summed E-state index contributed by atoms with van der Waals surface area (Å²) in [6.07, 6.45) is 1.10. The number of aromatic hydroxyl groups is 1. The Labute approximate surface area is 245 Å². The maximum absolute atomic E-state index is 12.7. The summed E-state index contributed by atoms with van der Waals surface area (Å²) in [5, 5.41) is 26.7. The lowest BCUT2D eigenvalue weighted by Gasteiger charge is -2.60. The van der Waals surface area contributed by atoms with Crippen LogP contribution in [0.15, 0.2) is 6.07 Å². The summed E-state index contributed by atoms with van der Waals surface area (Å²) in [6, 6.07) is 0.567. The fraction of sp³-hybridized carbons (Fsp3) is 0.548. The van der Waals surface area contributed by atoms with Crippen LogP contribution in [0.25, 0.3) is 0 Å². The summed E-state index contributed by atoms with van der Waals surface area (Å²) in [7, 11) is 3.51. The molecule has 0 radical (unpaired) electrons. The predicted molar refractivity (Wildman–Crippen MR) is 152 cm³/mol.